The van der Waals surface area contributed by atoms with Crippen molar-refractivity contribution in [3.05, 3.63) is 51.2 Å². The van der Waals surface area contributed by atoms with E-state index >= 15 is 0 Å². The van der Waals surface area contributed by atoms with Gasteiger partial charge in [-0.15, -0.1) is 0 Å². The Morgan fingerprint density at radius 1 is 1.32 bits per heavy atom. The molecule has 0 saturated heterocycles. The fraction of sp³-hybridized carbons (Fsp3) is 0.400. The number of carbonyl (C=O) groups excluding carboxylic acids is 1. The Kier molecular flexibility index (Phi) is 5.71. The molecule has 2 rings (SSSR count). The molecule has 0 radical (unpaired) electrons. The summed E-state index contributed by atoms with van der Waals surface area (Å²) in [5.41, 5.74) is 0.935. The molecule has 1 aromatic heterocycles. The average molecular weight is 321 g/mol. The van der Waals surface area contributed by atoms with Crippen molar-refractivity contribution < 1.29 is 9.53 Å². The summed E-state index contributed by atoms with van der Waals surface area (Å²) in [5, 5.41) is 0. The van der Waals surface area contributed by atoms with E-state index in [0.29, 0.717) is 18.0 Å². The number of benzene rings is 1. The maximum atomic E-state index is 12.4. The molecule has 0 spiro atoms. The molecule has 2 aromatic rings. The molecule has 0 unspecified atom stereocenters. The largest absolute Gasteiger partial charge is 0.465 e. The highest BCUT2D eigenvalue weighted by Gasteiger charge is 2.12. The minimum absolute atomic E-state index is 0.103. The number of esters is 1. The molecule has 0 aliphatic heterocycles. The summed E-state index contributed by atoms with van der Waals surface area (Å²) in [5.74, 6) is -0.428. The summed E-state index contributed by atoms with van der Waals surface area (Å²) in [6.45, 7) is 2.49. The highest BCUT2D eigenvalue weighted by molar-refractivity contribution is 7.03. The standard InChI is InChI=1S/C15H19N3O3S/c1-3-21-13(19)11-17-14(16-2)22-18(15(17)20)10-9-12-7-5-4-6-8-12/h4-8H,3,9-11H2,1-2H3. The van der Waals surface area contributed by atoms with Gasteiger partial charge in [0.1, 0.15) is 6.54 Å². The highest BCUT2D eigenvalue weighted by Crippen LogP contribution is 2.01. The molecule has 0 saturated carbocycles. The molecule has 0 amide bonds. The van der Waals surface area contributed by atoms with E-state index in [1.807, 2.05) is 30.3 Å². The van der Waals surface area contributed by atoms with Crippen LogP contribution < -0.4 is 10.5 Å². The minimum Gasteiger partial charge on any atom is -0.465 e. The zero-order valence-electron chi connectivity index (χ0n) is 12.7. The van der Waals surface area contributed by atoms with Crippen LogP contribution in [0.5, 0.6) is 0 Å². The second kappa shape index (κ2) is 7.74. The van der Waals surface area contributed by atoms with Crippen LogP contribution in [0.1, 0.15) is 12.5 Å². The first-order valence-corrected chi connectivity index (χ1v) is 7.86. The molecular weight excluding hydrogens is 302 g/mol. The quantitative estimate of drug-likeness (QED) is 0.747. The Labute approximate surface area is 132 Å². The van der Waals surface area contributed by atoms with Gasteiger partial charge in [-0.3, -0.25) is 14.4 Å². The van der Waals surface area contributed by atoms with Crippen LogP contribution in [0.25, 0.3) is 0 Å². The zero-order chi connectivity index (χ0) is 15.9. The molecule has 0 bridgehead atoms. The molecule has 0 fully saturated rings. The van der Waals surface area contributed by atoms with Crippen molar-refractivity contribution in [2.45, 2.75) is 26.4 Å². The Balaban J connectivity index is 2.18. The van der Waals surface area contributed by atoms with Gasteiger partial charge < -0.3 is 4.74 Å². The van der Waals surface area contributed by atoms with Crippen molar-refractivity contribution in [3.8, 4) is 0 Å². The van der Waals surface area contributed by atoms with Crippen molar-refractivity contribution in [2.75, 3.05) is 13.7 Å². The van der Waals surface area contributed by atoms with E-state index in [4.69, 9.17) is 4.74 Å². The number of nitrogens with zero attached hydrogens (tertiary/aromatic N) is 3. The first kappa shape index (κ1) is 16.2. The Hall–Kier alpha value is -2.15. The van der Waals surface area contributed by atoms with Crippen LogP contribution in [0, 0.1) is 0 Å². The van der Waals surface area contributed by atoms with Crippen LogP contribution in [-0.2, 0) is 29.0 Å². The molecule has 7 heteroatoms. The molecule has 0 aliphatic rings. The third-order valence-electron chi connectivity index (χ3n) is 3.10. The van der Waals surface area contributed by atoms with Crippen LogP contribution in [0.4, 0.5) is 0 Å². The number of aromatic nitrogens is 2. The SMILES string of the molecule is CCOC(=O)Cn1c(=NC)sn(CCc2ccccc2)c1=O. The van der Waals surface area contributed by atoms with E-state index in [-0.39, 0.29) is 12.2 Å². The van der Waals surface area contributed by atoms with E-state index in [1.165, 1.54) is 16.1 Å². The van der Waals surface area contributed by atoms with Gasteiger partial charge in [0.05, 0.1) is 6.61 Å². The molecule has 0 N–H and O–H groups in total. The van der Waals surface area contributed by atoms with E-state index in [2.05, 4.69) is 4.99 Å². The lowest BCUT2D eigenvalue weighted by Crippen LogP contribution is -2.33. The predicted octanol–water partition coefficient (Wildman–Crippen LogP) is 1.05. The first-order valence-electron chi connectivity index (χ1n) is 7.09. The lowest BCUT2D eigenvalue weighted by atomic mass is 10.2. The number of hydrogen-bond acceptors (Lipinski definition) is 5. The number of hydrogen-bond donors (Lipinski definition) is 0. The van der Waals surface area contributed by atoms with Crippen LogP contribution in [0.15, 0.2) is 40.1 Å². The number of aryl methyl sites for hydroxylation is 2. The van der Waals surface area contributed by atoms with Crippen molar-refractivity contribution in [2.24, 2.45) is 4.99 Å². The summed E-state index contributed by atoms with van der Waals surface area (Å²) in [6, 6.07) is 9.95. The van der Waals surface area contributed by atoms with Gasteiger partial charge in [0, 0.05) is 13.6 Å². The second-order valence-electron chi connectivity index (χ2n) is 4.61. The topological polar surface area (TPSA) is 65.6 Å². The zero-order valence-corrected chi connectivity index (χ0v) is 13.5. The van der Waals surface area contributed by atoms with Gasteiger partial charge in [0.15, 0.2) is 0 Å². The molecule has 0 aliphatic carbocycles. The molecule has 1 heterocycles. The third kappa shape index (κ3) is 3.94. The predicted molar refractivity (Wildman–Crippen MR) is 84.8 cm³/mol. The van der Waals surface area contributed by atoms with Gasteiger partial charge >= 0.3 is 11.7 Å². The van der Waals surface area contributed by atoms with E-state index in [0.717, 1.165) is 12.0 Å². The second-order valence-corrected chi connectivity index (χ2v) is 5.60. The van der Waals surface area contributed by atoms with E-state index in [9.17, 15) is 9.59 Å². The number of carbonyl (C=O) groups is 1. The number of ether oxygens (including phenoxy) is 1. The lowest BCUT2D eigenvalue weighted by molar-refractivity contribution is -0.143. The molecule has 6 nitrogen and oxygen atoms in total. The van der Waals surface area contributed by atoms with E-state index in [1.54, 1.807) is 17.9 Å². The van der Waals surface area contributed by atoms with Crippen LogP contribution in [0.2, 0.25) is 0 Å². The first-order chi connectivity index (χ1) is 10.7. The maximum absolute atomic E-state index is 12.4. The van der Waals surface area contributed by atoms with Gasteiger partial charge in [-0.25, -0.2) is 8.75 Å². The maximum Gasteiger partial charge on any atom is 0.340 e. The summed E-state index contributed by atoms with van der Waals surface area (Å²) in [6.07, 6.45) is 0.754. The summed E-state index contributed by atoms with van der Waals surface area (Å²) < 4.78 is 7.87. The van der Waals surface area contributed by atoms with Gasteiger partial charge in [-0.2, -0.15) is 0 Å². The molecule has 1 aromatic carbocycles. The van der Waals surface area contributed by atoms with Gasteiger partial charge in [0.2, 0.25) is 4.80 Å². The average Bonchev–Trinajstić information content (AvgIpc) is 2.83. The highest BCUT2D eigenvalue weighted by atomic mass is 32.1. The van der Waals surface area contributed by atoms with Crippen molar-refractivity contribution in [1.29, 1.82) is 0 Å². The van der Waals surface area contributed by atoms with Gasteiger partial charge in [-0.05, 0) is 30.4 Å². The molecule has 0 atom stereocenters. The molecule has 118 valence electrons. The summed E-state index contributed by atoms with van der Waals surface area (Å²) in [7, 11) is 1.61. The number of rotatable bonds is 6. The van der Waals surface area contributed by atoms with Crippen LogP contribution >= 0.6 is 11.5 Å². The smallest absolute Gasteiger partial charge is 0.340 e. The third-order valence-corrected chi connectivity index (χ3v) is 4.22. The molecular formula is C15H19N3O3S. The van der Waals surface area contributed by atoms with Crippen LogP contribution in [-0.4, -0.2) is 28.1 Å². The molecule has 22 heavy (non-hydrogen) atoms. The van der Waals surface area contributed by atoms with Crippen molar-refractivity contribution >= 4 is 17.5 Å². The Morgan fingerprint density at radius 2 is 2.05 bits per heavy atom. The monoisotopic (exact) mass is 321 g/mol. The normalized spacial score (nSPS) is 11.6. The fourth-order valence-corrected chi connectivity index (χ4v) is 2.93. The van der Waals surface area contributed by atoms with Gasteiger partial charge in [-0.1, -0.05) is 30.3 Å². The summed E-state index contributed by atoms with van der Waals surface area (Å²) in [4.78, 5) is 28.6. The van der Waals surface area contributed by atoms with Crippen LogP contribution in [0.3, 0.4) is 0 Å². The fourth-order valence-electron chi connectivity index (χ4n) is 2.05. The van der Waals surface area contributed by atoms with Gasteiger partial charge in [0.25, 0.3) is 0 Å². The Bertz CT molecular complexity index is 743. The minimum atomic E-state index is -0.428. The van der Waals surface area contributed by atoms with Crippen molar-refractivity contribution in [1.82, 2.24) is 8.52 Å². The lowest BCUT2D eigenvalue weighted by Gasteiger charge is -2.02. The Morgan fingerprint density at radius 3 is 2.68 bits per heavy atom. The van der Waals surface area contributed by atoms with Crippen molar-refractivity contribution in [3.63, 3.8) is 0 Å². The summed E-state index contributed by atoms with van der Waals surface area (Å²) >= 11 is 1.26. The van der Waals surface area contributed by atoms with E-state index < -0.39 is 5.97 Å².